The van der Waals surface area contributed by atoms with Crippen LogP contribution in [0.15, 0.2) is 18.2 Å². The van der Waals surface area contributed by atoms with Gasteiger partial charge in [0.1, 0.15) is 5.75 Å². The van der Waals surface area contributed by atoms with Crippen LogP contribution in [0.2, 0.25) is 0 Å². The molecule has 2 aliphatic heterocycles. The number of carboxylic acids is 1. The number of unbranched alkanes of at least 4 members (excludes halogenated alkanes) is 1. The standard InChI is InChI=1S/C25H39N3O7S/c1-3-4-11-27(12-5-13-29)23(30)17-28-16-20(18-6-7-22-19(15-18)9-14-35-22)24(25(31)32)21(28)8-10-26-36(2,33)34/h6-7,15,20-21,24,26,29H,3-5,8-14,16-17H2,1-2H3,(H,31,32)/t20-,21+,24-/m1/s1. The maximum atomic E-state index is 13.3. The number of nitrogens with one attached hydrogen (secondary N) is 1. The summed E-state index contributed by atoms with van der Waals surface area (Å²) in [4.78, 5) is 29.5. The topological polar surface area (TPSA) is 136 Å². The fraction of sp³-hybridized carbons (Fsp3) is 0.680. The molecule has 3 N–H and O–H groups in total. The molecule has 0 spiro atoms. The average molecular weight is 526 g/mol. The molecular formula is C25H39N3O7S. The molecule has 2 heterocycles. The Labute approximate surface area is 213 Å². The number of benzene rings is 1. The van der Waals surface area contributed by atoms with Crippen molar-refractivity contribution in [2.24, 2.45) is 5.92 Å². The highest BCUT2D eigenvalue weighted by Gasteiger charge is 2.47. The summed E-state index contributed by atoms with van der Waals surface area (Å²) in [6.07, 6.45) is 4.37. The van der Waals surface area contributed by atoms with Crippen LogP contribution < -0.4 is 9.46 Å². The SMILES string of the molecule is CCCCN(CCCO)C(=O)CN1C[C@H](c2ccc3c(c2)CCO3)[C@@H](C(=O)O)[C@@H]1CCNS(C)(=O)=O. The second kappa shape index (κ2) is 12.8. The third-order valence-electron chi connectivity index (χ3n) is 7.04. The van der Waals surface area contributed by atoms with E-state index in [4.69, 9.17) is 4.74 Å². The summed E-state index contributed by atoms with van der Waals surface area (Å²) in [6.45, 7) is 4.19. The molecule has 10 nitrogen and oxygen atoms in total. The predicted octanol–water partition coefficient (Wildman–Crippen LogP) is 1.04. The number of nitrogens with zero attached hydrogens (tertiary/aromatic N) is 2. The van der Waals surface area contributed by atoms with E-state index in [0.717, 1.165) is 42.4 Å². The van der Waals surface area contributed by atoms with Gasteiger partial charge in [-0.05, 0) is 36.5 Å². The lowest BCUT2D eigenvalue weighted by Gasteiger charge is -2.29. The van der Waals surface area contributed by atoms with Crippen molar-refractivity contribution in [3.63, 3.8) is 0 Å². The minimum atomic E-state index is -3.43. The largest absolute Gasteiger partial charge is 0.493 e. The van der Waals surface area contributed by atoms with Gasteiger partial charge in [0, 0.05) is 51.2 Å². The fourth-order valence-electron chi connectivity index (χ4n) is 5.27. The number of likely N-dealkylation sites (tertiary alicyclic amines) is 1. The van der Waals surface area contributed by atoms with E-state index in [1.165, 1.54) is 0 Å². The number of carbonyl (C=O) groups is 2. The molecule has 1 fully saturated rings. The van der Waals surface area contributed by atoms with Gasteiger partial charge in [-0.1, -0.05) is 25.5 Å². The molecule has 0 aliphatic carbocycles. The van der Waals surface area contributed by atoms with Crippen LogP contribution in [0.4, 0.5) is 0 Å². The van der Waals surface area contributed by atoms with Crippen LogP contribution in [0.25, 0.3) is 0 Å². The smallest absolute Gasteiger partial charge is 0.308 e. The molecule has 36 heavy (non-hydrogen) atoms. The van der Waals surface area contributed by atoms with Crippen molar-refractivity contribution < 1.29 is 33.0 Å². The highest BCUT2D eigenvalue weighted by molar-refractivity contribution is 7.88. The molecule has 202 valence electrons. The normalized spacial score (nSPS) is 21.8. The molecule has 2 aliphatic rings. The summed E-state index contributed by atoms with van der Waals surface area (Å²) < 4.78 is 31.3. The van der Waals surface area contributed by atoms with E-state index >= 15 is 0 Å². The van der Waals surface area contributed by atoms with Crippen molar-refractivity contribution in [2.75, 3.05) is 52.2 Å². The van der Waals surface area contributed by atoms with Crippen LogP contribution in [0.5, 0.6) is 5.75 Å². The Bertz CT molecular complexity index is 1010. The Kier molecular flexibility index (Phi) is 10.1. The van der Waals surface area contributed by atoms with Crippen LogP contribution in [-0.2, 0) is 26.0 Å². The molecule has 1 aromatic rings. The summed E-state index contributed by atoms with van der Waals surface area (Å²) in [7, 11) is -3.43. The van der Waals surface area contributed by atoms with Crippen LogP contribution in [0.1, 0.15) is 49.7 Å². The minimum absolute atomic E-state index is 0.00931. The molecule has 11 heteroatoms. The first kappa shape index (κ1) is 28.4. The molecule has 0 bridgehead atoms. The van der Waals surface area contributed by atoms with Gasteiger partial charge in [-0.25, -0.2) is 13.1 Å². The molecule has 1 aromatic carbocycles. The summed E-state index contributed by atoms with van der Waals surface area (Å²) in [5.74, 6) is -1.38. The molecule has 0 unspecified atom stereocenters. The molecule has 0 saturated carbocycles. The number of sulfonamides is 1. The summed E-state index contributed by atoms with van der Waals surface area (Å²) in [5, 5.41) is 19.5. The second-order valence-electron chi connectivity index (χ2n) is 9.70. The number of aliphatic hydroxyl groups is 1. The van der Waals surface area contributed by atoms with Gasteiger partial charge in [0.25, 0.3) is 0 Å². The Morgan fingerprint density at radius 1 is 1.25 bits per heavy atom. The zero-order valence-corrected chi connectivity index (χ0v) is 22.0. The minimum Gasteiger partial charge on any atom is -0.493 e. The van der Waals surface area contributed by atoms with Gasteiger partial charge >= 0.3 is 5.97 Å². The van der Waals surface area contributed by atoms with Crippen molar-refractivity contribution in [2.45, 2.75) is 51.0 Å². The molecule has 3 atom stereocenters. The van der Waals surface area contributed by atoms with Gasteiger partial charge in [-0.3, -0.25) is 14.5 Å². The van der Waals surface area contributed by atoms with E-state index in [1.807, 2.05) is 30.0 Å². The first-order valence-electron chi connectivity index (χ1n) is 12.7. The number of hydrogen-bond acceptors (Lipinski definition) is 7. The van der Waals surface area contributed by atoms with E-state index in [2.05, 4.69) is 4.72 Å². The zero-order chi connectivity index (χ0) is 26.3. The number of aliphatic carboxylic acids is 1. The second-order valence-corrected chi connectivity index (χ2v) is 11.5. The summed E-state index contributed by atoms with van der Waals surface area (Å²) in [5.41, 5.74) is 1.95. The Balaban J connectivity index is 1.85. The van der Waals surface area contributed by atoms with Crippen molar-refractivity contribution >= 4 is 21.9 Å². The predicted molar refractivity (Wildman–Crippen MR) is 136 cm³/mol. The van der Waals surface area contributed by atoms with E-state index in [0.29, 0.717) is 32.7 Å². The van der Waals surface area contributed by atoms with E-state index in [1.54, 1.807) is 4.90 Å². The number of carboxylic acid groups (broad SMARTS) is 1. The number of rotatable bonds is 14. The van der Waals surface area contributed by atoms with Crippen molar-refractivity contribution in [1.82, 2.24) is 14.5 Å². The lowest BCUT2D eigenvalue weighted by atomic mass is 9.83. The average Bonchev–Trinajstić information content (AvgIpc) is 3.42. The number of amides is 1. The molecular weight excluding hydrogens is 486 g/mol. The number of hydrogen-bond donors (Lipinski definition) is 3. The maximum absolute atomic E-state index is 13.3. The molecule has 0 aromatic heterocycles. The van der Waals surface area contributed by atoms with Crippen LogP contribution in [0.3, 0.4) is 0 Å². The third kappa shape index (κ3) is 7.41. The van der Waals surface area contributed by atoms with Crippen LogP contribution in [-0.4, -0.2) is 98.5 Å². The Morgan fingerprint density at radius 3 is 2.67 bits per heavy atom. The zero-order valence-electron chi connectivity index (χ0n) is 21.2. The van der Waals surface area contributed by atoms with E-state index < -0.39 is 28.0 Å². The van der Waals surface area contributed by atoms with E-state index in [9.17, 15) is 28.2 Å². The van der Waals surface area contributed by atoms with Crippen molar-refractivity contribution in [1.29, 1.82) is 0 Å². The van der Waals surface area contributed by atoms with Crippen LogP contribution >= 0.6 is 0 Å². The number of fused-ring (bicyclic) bond motifs is 1. The lowest BCUT2D eigenvalue weighted by molar-refractivity contribution is -0.143. The summed E-state index contributed by atoms with van der Waals surface area (Å²) >= 11 is 0. The summed E-state index contributed by atoms with van der Waals surface area (Å²) in [6, 6.07) is 5.28. The van der Waals surface area contributed by atoms with Gasteiger partial charge in [0.05, 0.1) is 25.3 Å². The van der Waals surface area contributed by atoms with Gasteiger partial charge < -0.3 is 19.8 Å². The van der Waals surface area contributed by atoms with Gasteiger partial charge in [0.15, 0.2) is 0 Å². The molecule has 1 saturated heterocycles. The third-order valence-corrected chi connectivity index (χ3v) is 7.77. The Hall–Kier alpha value is -2.21. The molecule has 0 radical (unpaired) electrons. The van der Waals surface area contributed by atoms with Gasteiger partial charge in [-0.15, -0.1) is 0 Å². The van der Waals surface area contributed by atoms with Crippen LogP contribution in [0, 0.1) is 5.92 Å². The van der Waals surface area contributed by atoms with Crippen molar-refractivity contribution in [3.8, 4) is 5.75 Å². The monoisotopic (exact) mass is 525 g/mol. The number of carbonyl (C=O) groups excluding carboxylic acids is 1. The highest BCUT2D eigenvalue weighted by atomic mass is 32.2. The van der Waals surface area contributed by atoms with Crippen molar-refractivity contribution in [3.05, 3.63) is 29.3 Å². The number of aliphatic hydroxyl groups excluding tert-OH is 1. The van der Waals surface area contributed by atoms with Gasteiger partial charge in [-0.2, -0.15) is 0 Å². The van der Waals surface area contributed by atoms with Gasteiger partial charge in [0.2, 0.25) is 15.9 Å². The highest BCUT2D eigenvalue weighted by Crippen LogP contribution is 2.41. The molecule has 3 rings (SSSR count). The Morgan fingerprint density at radius 2 is 2.00 bits per heavy atom. The van der Waals surface area contributed by atoms with E-state index in [-0.39, 0.29) is 37.9 Å². The first-order valence-corrected chi connectivity index (χ1v) is 14.6. The fourth-order valence-corrected chi connectivity index (χ4v) is 5.75. The molecule has 1 amide bonds. The maximum Gasteiger partial charge on any atom is 0.308 e. The first-order chi connectivity index (χ1) is 17.1. The lowest BCUT2D eigenvalue weighted by Crippen LogP contribution is -2.45. The quantitative estimate of drug-likeness (QED) is 0.328. The number of ether oxygens (including phenoxy) is 1.